The van der Waals surface area contributed by atoms with E-state index >= 15 is 0 Å². The lowest BCUT2D eigenvalue weighted by molar-refractivity contribution is -0.231. The summed E-state index contributed by atoms with van der Waals surface area (Å²) in [7, 11) is 0. The van der Waals surface area contributed by atoms with Crippen LogP contribution in [-0.2, 0) is 14.3 Å². The second kappa shape index (κ2) is 8.20. The van der Waals surface area contributed by atoms with Crippen molar-refractivity contribution >= 4 is 5.97 Å². The summed E-state index contributed by atoms with van der Waals surface area (Å²) >= 11 is 0. The molecule has 1 saturated heterocycles. The van der Waals surface area contributed by atoms with Crippen molar-refractivity contribution in [1.29, 1.82) is 0 Å². The van der Waals surface area contributed by atoms with Crippen LogP contribution in [0.3, 0.4) is 0 Å². The first-order chi connectivity index (χ1) is 16.5. The monoisotopic (exact) mass is 502 g/mol. The molecule has 0 aromatic rings. The first kappa shape index (κ1) is 27.0. The maximum absolute atomic E-state index is 11.9. The van der Waals surface area contributed by atoms with Crippen molar-refractivity contribution in [1.82, 2.24) is 0 Å². The van der Waals surface area contributed by atoms with Gasteiger partial charge in [0.2, 0.25) is 0 Å². The summed E-state index contributed by atoms with van der Waals surface area (Å²) in [5, 5.41) is 10.7. The van der Waals surface area contributed by atoms with E-state index in [1.54, 1.807) is 6.92 Å². The molecule has 1 aliphatic heterocycles. The quantitative estimate of drug-likeness (QED) is 0.411. The maximum Gasteiger partial charge on any atom is 0.302 e. The third-order valence-corrected chi connectivity index (χ3v) is 13.5. The minimum Gasteiger partial charge on any atom is -0.462 e. The minimum atomic E-state index is -0.770. The standard InChI is InChI=1S/C32H54O4/c1-20(33)35-25-14-16-29(6)23(27(25,2)3)13-18-31(8)24(29)11-10-21-22(12-17-30(21,31)7)32(9)19-15-26(36-32)28(4,5)34/h21-26,34H,10-19H2,1-9H3/t21?,22-,23?,24?,25+,26-,29-,30+,31+,32+/m0/s1. The second-order valence-electron chi connectivity index (χ2n) is 15.9. The Kier molecular flexibility index (Phi) is 6.14. The lowest BCUT2D eigenvalue weighted by atomic mass is 9.35. The number of esters is 1. The zero-order valence-corrected chi connectivity index (χ0v) is 24.7. The van der Waals surface area contributed by atoms with E-state index in [9.17, 15) is 9.90 Å². The average molecular weight is 503 g/mol. The van der Waals surface area contributed by atoms with E-state index in [1.165, 1.54) is 44.9 Å². The van der Waals surface area contributed by atoms with Gasteiger partial charge in [-0.2, -0.15) is 0 Å². The summed E-state index contributed by atoms with van der Waals surface area (Å²) in [6.45, 7) is 20.4. The van der Waals surface area contributed by atoms with E-state index in [0.29, 0.717) is 34.0 Å². The van der Waals surface area contributed by atoms with Crippen molar-refractivity contribution in [3.05, 3.63) is 0 Å². The maximum atomic E-state index is 11.9. The van der Waals surface area contributed by atoms with Gasteiger partial charge in [0.25, 0.3) is 0 Å². The molecule has 0 bridgehead atoms. The third kappa shape index (κ3) is 3.62. The van der Waals surface area contributed by atoms with Gasteiger partial charge in [-0.3, -0.25) is 4.79 Å². The molecule has 4 aliphatic carbocycles. The summed E-state index contributed by atoms with van der Waals surface area (Å²) < 4.78 is 12.6. The summed E-state index contributed by atoms with van der Waals surface area (Å²) in [6, 6.07) is 0. The molecule has 0 aromatic carbocycles. The highest BCUT2D eigenvalue weighted by atomic mass is 16.5. The van der Waals surface area contributed by atoms with Gasteiger partial charge >= 0.3 is 5.97 Å². The predicted octanol–water partition coefficient (Wildman–Crippen LogP) is 7.31. The molecule has 1 heterocycles. The van der Waals surface area contributed by atoms with Crippen molar-refractivity contribution in [3.63, 3.8) is 0 Å². The number of carbonyl (C=O) groups is 1. The molecule has 10 atom stereocenters. The van der Waals surface area contributed by atoms with E-state index in [-0.39, 0.29) is 29.2 Å². The number of fused-ring (bicyclic) bond motifs is 5. The zero-order valence-electron chi connectivity index (χ0n) is 24.7. The van der Waals surface area contributed by atoms with Gasteiger partial charge in [-0.15, -0.1) is 0 Å². The number of rotatable bonds is 3. The predicted molar refractivity (Wildman–Crippen MR) is 143 cm³/mol. The molecule has 5 aliphatic rings. The fourth-order valence-corrected chi connectivity index (χ4v) is 11.5. The number of carbonyl (C=O) groups excluding carboxylic acids is 1. The van der Waals surface area contributed by atoms with E-state index in [4.69, 9.17) is 9.47 Å². The number of aliphatic hydroxyl groups is 1. The van der Waals surface area contributed by atoms with Gasteiger partial charge in [0.05, 0.1) is 17.3 Å². The Balaban J connectivity index is 1.42. The topological polar surface area (TPSA) is 55.8 Å². The Morgan fingerprint density at radius 2 is 1.47 bits per heavy atom. The Hall–Kier alpha value is -0.610. The molecule has 3 unspecified atom stereocenters. The van der Waals surface area contributed by atoms with E-state index in [0.717, 1.165) is 25.2 Å². The summed E-state index contributed by atoms with van der Waals surface area (Å²) in [5.41, 5.74) is 0.122. The van der Waals surface area contributed by atoms with Crippen LogP contribution in [0.15, 0.2) is 0 Å². The lowest BCUT2D eigenvalue weighted by Crippen LogP contribution is -2.64. The summed E-state index contributed by atoms with van der Waals surface area (Å²) in [6.07, 6.45) is 11.9. The van der Waals surface area contributed by atoms with Crippen LogP contribution in [0, 0.1) is 45.3 Å². The Bertz CT molecular complexity index is 889. The smallest absolute Gasteiger partial charge is 0.302 e. The van der Waals surface area contributed by atoms with E-state index < -0.39 is 5.60 Å². The SMILES string of the molecule is CC(=O)O[C@@H]1CC[C@@]2(C)C(CC[C@]3(C)C2CCC2[C@@H]([C@@]4(C)CC[C@@H](C(C)(C)O)O4)CC[C@]23C)C1(C)C. The molecule has 4 saturated carbocycles. The van der Waals surface area contributed by atoms with Crippen LogP contribution in [0.25, 0.3) is 0 Å². The van der Waals surface area contributed by atoms with Crippen molar-refractivity contribution < 1.29 is 19.4 Å². The molecule has 0 spiro atoms. The van der Waals surface area contributed by atoms with Crippen molar-refractivity contribution in [2.24, 2.45) is 45.3 Å². The minimum absolute atomic E-state index is 0.0211. The van der Waals surface area contributed by atoms with Gasteiger partial charge in [0.15, 0.2) is 0 Å². The molecule has 0 aromatic heterocycles. The summed E-state index contributed by atoms with van der Waals surface area (Å²) in [5.74, 6) is 2.49. The Morgan fingerprint density at radius 1 is 0.806 bits per heavy atom. The average Bonchev–Trinajstić information content (AvgIpc) is 3.32. The number of hydrogen-bond acceptors (Lipinski definition) is 4. The zero-order chi connectivity index (χ0) is 26.5. The lowest BCUT2D eigenvalue weighted by Gasteiger charge is -2.70. The number of hydrogen-bond donors (Lipinski definition) is 1. The molecule has 4 heteroatoms. The normalized spacial score (nSPS) is 52.3. The molecule has 0 radical (unpaired) electrons. The van der Waals surface area contributed by atoms with Crippen LogP contribution in [0.2, 0.25) is 0 Å². The molecular formula is C32H54O4. The molecule has 36 heavy (non-hydrogen) atoms. The van der Waals surface area contributed by atoms with Gasteiger partial charge in [0, 0.05) is 12.3 Å². The molecule has 206 valence electrons. The fraction of sp³-hybridized carbons (Fsp3) is 0.969. The van der Waals surface area contributed by atoms with Crippen LogP contribution < -0.4 is 0 Å². The van der Waals surface area contributed by atoms with E-state index in [2.05, 4.69) is 41.5 Å². The number of ether oxygens (including phenoxy) is 2. The molecule has 4 nitrogen and oxygen atoms in total. The van der Waals surface area contributed by atoms with Gasteiger partial charge in [-0.1, -0.05) is 34.6 Å². The molecule has 1 N–H and O–H groups in total. The highest BCUT2D eigenvalue weighted by Gasteiger charge is 2.70. The van der Waals surface area contributed by atoms with Crippen LogP contribution in [0.1, 0.15) is 127 Å². The van der Waals surface area contributed by atoms with Gasteiger partial charge in [-0.25, -0.2) is 0 Å². The van der Waals surface area contributed by atoms with Crippen molar-refractivity contribution in [2.45, 2.75) is 150 Å². The highest BCUT2D eigenvalue weighted by Crippen LogP contribution is 2.76. The second-order valence-corrected chi connectivity index (χ2v) is 15.9. The molecular weight excluding hydrogens is 448 g/mol. The Labute approximate surface area is 220 Å². The van der Waals surface area contributed by atoms with Gasteiger partial charge < -0.3 is 14.6 Å². The molecule has 0 amide bonds. The van der Waals surface area contributed by atoms with Crippen LogP contribution in [0.5, 0.6) is 0 Å². The largest absolute Gasteiger partial charge is 0.462 e. The van der Waals surface area contributed by atoms with Crippen molar-refractivity contribution in [3.8, 4) is 0 Å². The van der Waals surface area contributed by atoms with E-state index in [1.807, 2.05) is 13.8 Å². The molecule has 5 rings (SSSR count). The Morgan fingerprint density at radius 3 is 2.08 bits per heavy atom. The highest BCUT2D eigenvalue weighted by molar-refractivity contribution is 5.66. The van der Waals surface area contributed by atoms with Crippen LogP contribution in [-0.4, -0.2) is 34.5 Å². The first-order valence-electron chi connectivity index (χ1n) is 15.1. The summed E-state index contributed by atoms with van der Waals surface area (Å²) in [4.78, 5) is 11.9. The fourth-order valence-electron chi connectivity index (χ4n) is 11.5. The van der Waals surface area contributed by atoms with Crippen LogP contribution >= 0.6 is 0 Å². The first-order valence-corrected chi connectivity index (χ1v) is 15.1. The van der Waals surface area contributed by atoms with Crippen LogP contribution in [0.4, 0.5) is 0 Å². The molecule has 5 fully saturated rings. The van der Waals surface area contributed by atoms with Crippen molar-refractivity contribution in [2.75, 3.05) is 0 Å². The third-order valence-electron chi connectivity index (χ3n) is 13.5. The van der Waals surface area contributed by atoms with Gasteiger partial charge in [-0.05, 0) is 125 Å². The van der Waals surface area contributed by atoms with Gasteiger partial charge in [0.1, 0.15) is 6.10 Å².